The minimum atomic E-state index is -0.102. The van der Waals surface area contributed by atoms with Gasteiger partial charge in [0.05, 0.1) is 7.11 Å². The van der Waals surface area contributed by atoms with E-state index in [0.717, 1.165) is 12.1 Å². The number of ether oxygens (including phenoxy) is 2. The second-order valence-electron chi connectivity index (χ2n) is 6.57. The van der Waals surface area contributed by atoms with Crippen molar-refractivity contribution in [3.05, 3.63) is 23.8 Å². The average Bonchev–Trinajstić information content (AvgIpc) is 2.61. The normalized spacial score (nSPS) is 15.3. The van der Waals surface area contributed by atoms with Crippen molar-refractivity contribution in [3.8, 4) is 11.5 Å². The van der Waals surface area contributed by atoms with Gasteiger partial charge in [-0.2, -0.15) is 0 Å². The SMILES string of the molecule is COc1cc(C)ccc1OCC(=O)NCCN(C)C1CCCCC1. The van der Waals surface area contributed by atoms with Gasteiger partial charge in [0.15, 0.2) is 18.1 Å². The highest BCUT2D eigenvalue weighted by Crippen LogP contribution is 2.27. The summed E-state index contributed by atoms with van der Waals surface area (Å²) in [5.41, 5.74) is 1.09. The summed E-state index contributed by atoms with van der Waals surface area (Å²) in [6, 6.07) is 6.34. The van der Waals surface area contributed by atoms with E-state index in [1.54, 1.807) is 7.11 Å². The van der Waals surface area contributed by atoms with E-state index in [0.29, 0.717) is 24.1 Å². The molecule has 1 saturated carbocycles. The van der Waals surface area contributed by atoms with Crippen LogP contribution in [0, 0.1) is 6.92 Å². The molecular weight excluding hydrogens is 304 g/mol. The molecule has 134 valence electrons. The van der Waals surface area contributed by atoms with Crippen molar-refractivity contribution in [2.45, 2.75) is 45.1 Å². The van der Waals surface area contributed by atoms with Gasteiger partial charge in [0.2, 0.25) is 0 Å². The Kier molecular flexibility index (Phi) is 7.37. The molecule has 1 aromatic carbocycles. The first-order valence-corrected chi connectivity index (χ1v) is 8.84. The van der Waals surface area contributed by atoms with Crippen LogP contribution in [-0.4, -0.2) is 50.7 Å². The van der Waals surface area contributed by atoms with Gasteiger partial charge < -0.3 is 19.7 Å². The van der Waals surface area contributed by atoms with Crippen molar-refractivity contribution in [2.24, 2.45) is 0 Å². The molecule has 0 radical (unpaired) electrons. The Morgan fingerprint density at radius 1 is 1.25 bits per heavy atom. The molecule has 1 amide bonds. The highest BCUT2D eigenvalue weighted by molar-refractivity contribution is 5.77. The molecule has 0 aromatic heterocycles. The standard InChI is InChI=1S/C19H30N2O3/c1-15-9-10-17(18(13-15)23-3)24-14-19(22)20-11-12-21(2)16-7-5-4-6-8-16/h9-10,13,16H,4-8,11-12,14H2,1-3H3,(H,20,22). The number of rotatable bonds is 8. The van der Waals surface area contributed by atoms with Crippen LogP contribution in [0.15, 0.2) is 18.2 Å². The number of nitrogens with zero attached hydrogens (tertiary/aromatic N) is 1. The highest BCUT2D eigenvalue weighted by Gasteiger charge is 2.17. The van der Waals surface area contributed by atoms with Gasteiger partial charge in [0, 0.05) is 19.1 Å². The zero-order chi connectivity index (χ0) is 17.4. The fourth-order valence-corrected chi connectivity index (χ4v) is 3.16. The predicted molar refractivity (Wildman–Crippen MR) is 95.7 cm³/mol. The molecule has 1 fully saturated rings. The van der Waals surface area contributed by atoms with Crippen LogP contribution < -0.4 is 14.8 Å². The van der Waals surface area contributed by atoms with E-state index < -0.39 is 0 Å². The van der Waals surface area contributed by atoms with Crippen molar-refractivity contribution >= 4 is 5.91 Å². The average molecular weight is 334 g/mol. The Balaban J connectivity index is 1.68. The lowest BCUT2D eigenvalue weighted by molar-refractivity contribution is -0.123. The van der Waals surface area contributed by atoms with Gasteiger partial charge in [-0.1, -0.05) is 25.3 Å². The monoisotopic (exact) mass is 334 g/mol. The zero-order valence-corrected chi connectivity index (χ0v) is 15.1. The zero-order valence-electron chi connectivity index (χ0n) is 15.1. The Labute approximate surface area is 145 Å². The summed E-state index contributed by atoms with van der Waals surface area (Å²) < 4.78 is 10.8. The number of benzene rings is 1. The molecule has 1 aliphatic rings. The van der Waals surface area contributed by atoms with Gasteiger partial charge in [0.25, 0.3) is 5.91 Å². The number of aryl methyl sites for hydroxylation is 1. The summed E-state index contributed by atoms with van der Waals surface area (Å²) in [4.78, 5) is 14.3. The fourth-order valence-electron chi connectivity index (χ4n) is 3.16. The van der Waals surface area contributed by atoms with E-state index in [1.165, 1.54) is 32.1 Å². The van der Waals surface area contributed by atoms with E-state index in [9.17, 15) is 4.79 Å². The summed E-state index contributed by atoms with van der Waals surface area (Å²) >= 11 is 0. The maximum atomic E-state index is 11.9. The first-order chi connectivity index (χ1) is 11.6. The molecule has 24 heavy (non-hydrogen) atoms. The second kappa shape index (κ2) is 9.52. The summed E-state index contributed by atoms with van der Waals surface area (Å²) in [6.45, 7) is 3.53. The summed E-state index contributed by atoms with van der Waals surface area (Å²) in [5, 5.41) is 2.93. The minimum Gasteiger partial charge on any atom is -0.493 e. The maximum absolute atomic E-state index is 11.9. The van der Waals surface area contributed by atoms with Crippen LogP contribution in [0.25, 0.3) is 0 Å². The molecule has 5 heteroatoms. The lowest BCUT2D eigenvalue weighted by Crippen LogP contribution is -2.40. The van der Waals surface area contributed by atoms with Crippen molar-refractivity contribution in [2.75, 3.05) is 33.9 Å². The largest absolute Gasteiger partial charge is 0.493 e. The van der Waals surface area contributed by atoms with Crippen molar-refractivity contribution in [1.82, 2.24) is 10.2 Å². The van der Waals surface area contributed by atoms with Crippen LogP contribution in [0.2, 0.25) is 0 Å². The summed E-state index contributed by atoms with van der Waals surface area (Å²) in [6.07, 6.45) is 6.57. The number of nitrogens with one attached hydrogen (secondary N) is 1. The van der Waals surface area contributed by atoms with E-state index in [2.05, 4.69) is 17.3 Å². The second-order valence-corrected chi connectivity index (χ2v) is 6.57. The molecule has 0 heterocycles. The smallest absolute Gasteiger partial charge is 0.257 e. The fraction of sp³-hybridized carbons (Fsp3) is 0.632. The van der Waals surface area contributed by atoms with Crippen LogP contribution in [0.3, 0.4) is 0 Å². The molecule has 5 nitrogen and oxygen atoms in total. The quantitative estimate of drug-likeness (QED) is 0.794. The number of likely N-dealkylation sites (N-methyl/N-ethyl adjacent to an activating group) is 1. The number of amides is 1. The van der Waals surface area contributed by atoms with Crippen LogP contribution >= 0.6 is 0 Å². The minimum absolute atomic E-state index is 0.00651. The molecule has 0 spiro atoms. The summed E-state index contributed by atoms with van der Waals surface area (Å²) in [5.74, 6) is 1.15. The Morgan fingerprint density at radius 3 is 2.71 bits per heavy atom. The molecule has 0 unspecified atom stereocenters. The predicted octanol–water partition coefficient (Wildman–Crippen LogP) is 2.76. The van der Waals surface area contributed by atoms with Crippen molar-refractivity contribution < 1.29 is 14.3 Å². The number of carbonyl (C=O) groups is 1. The first-order valence-electron chi connectivity index (χ1n) is 8.84. The molecule has 2 rings (SSSR count). The highest BCUT2D eigenvalue weighted by atomic mass is 16.5. The molecular formula is C19H30N2O3. The lowest BCUT2D eigenvalue weighted by Gasteiger charge is -2.31. The van der Waals surface area contributed by atoms with Crippen molar-refractivity contribution in [1.29, 1.82) is 0 Å². The van der Waals surface area contributed by atoms with Crippen LogP contribution in [0.4, 0.5) is 0 Å². The third-order valence-corrected chi connectivity index (χ3v) is 4.66. The van der Waals surface area contributed by atoms with E-state index >= 15 is 0 Å². The van der Waals surface area contributed by atoms with Gasteiger partial charge >= 0.3 is 0 Å². The van der Waals surface area contributed by atoms with Crippen LogP contribution in [0.5, 0.6) is 11.5 Å². The third-order valence-electron chi connectivity index (χ3n) is 4.66. The molecule has 1 aromatic rings. The van der Waals surface area contributed by atoms with Crippen molar-refractivity contribution in [3.63, 3.8) is 0 Å². The Bertz CT molecular complexity index is 527. The number of hydrogen-bond acceptors (Lipinski definition) is 4. The number of hydrogen-bond donors (Lipinski definition) is 1. The molecule has 0 aliphatic heterocycles. The van der Waals surface area contributed by atoms with Gasteiger partial charge in [0.1, 0.15) is 0 Å². The molecule has 0 saturated heterocycles. The number of methoxy groups -OCH3 is 1. The van der Waals surface area contributed by atoms with Gasteiger partial charge in [-0.05, 0) is 44.5 Å². The number of carbonyl (C=O) groups excluding carboxylic acids is 1. The Hall–Kier alpha value is -1.75. The molecule has 1 N–H and O–H groups in total. The van der Waals surface area contributed by atoms with Gasteiger partial charge in [-0.15, -0.1) is 0 Å². The Morgan fingerprint density at radius 2 is 2.00 bits per heavy atom. The molecule has 1 aliphatic carbocycles. The maximum Gasteiger partial charge on any atom is 0.257 e. The molecule has 0 atom stereocenters. The van der Waals surface area contributed by atoms with E-state index in [-0.39, 0.29) is 12.5 Å². The van der Waals surface area contributed by atoms with E-state index in [4.69, 9.17) is 9.47 Å². The first kappa shape index (κ1) is 18.6. The molecule has 0 bridgehead atoms. The van der Waals surface area contributed by atoms with Gasteiger partial charge in [-0.3, -0.25) is 4.79 Å². The third kappa shape index (κ3) is 5.71. The van der Waals surface area contributed by atoms with Crippen LogP contribution in [0.1, 0.15) is 37.7 Å². The van der Waals surface area contributed by atoms with Gasteiger partial charge in [-0.25, -0.2) is 0 Å². The van der Waals surface area contributed by atoms with E-state index in [1.807, 2.05) is 25.1 Å². The lowest BCUT2D eigenvalue weighted by atomic mass is 9.94. The van der Waals surface area contributed by atoms with Crippen LogP contribution in [-0.2, 0) is 4.79 Å². The summed E-state index contributed by atoms with van der Waals surface area (Å²) in [7, 11) is 3.75. The topological polar surface area (TPSA) is 50.8 Å².